The zero-order valence-electron chi connectivity index (χ0n) is 20.0. The van der Waals surface area contributed by atoms with E-state index in [1.165, 1.54) is 6.26 Å². The monoisotopic (exact) mass is 514 g/mol. The van der Waals surface area contributed by atoms with Crippen molar-refractivity contribution in [3.05, 3.63) is 84.1 Å². The van der Waals surface area contributed by atoms with E-state index in [0.717, 1.165) is 11.1 Å². The molecule has 10 heteroatoms. The minimum Gasteiger partial charge on any atom is -0.493 e. The number of aliphatic hydroxyl groups is 2. The molecule has 37 heavy (non-hydrogen) atoms. The molecule has 2 N–H and O–H groups in total. The van der Waals surface area contributed by atoms with Crippen LogP contribution in [-0.4, -0.2) is 78.6 Å². The number of carbonyl (C=O) groups excluding carboxylic acids is 1. The Hall–Kier alpha value is -2.99. The van der Waals surface area contributed by atoms with E-state index < -0.39 is 55.2 Å². The number of fused-ring (bicyclic) bond motifs is 1. The van der Waals surface area contributed by atoms with Crippen LogP contribution < -0.4 is 0 Å². The summed E-state index contributed by atoms with van der Waals surface area (Å²) < 4.78 is 40.1. The molecule has 3 heterocycles. The molecule has 0 radical (unpaired) electrons. The smallest absolute Gasteiger partial charge is 0.493 e. The van der Waals surface area contributed by atoms with Crippen molar-refractivity contribution in [3.63, 3.8) is 0 Å². The van der Waals surface area contributed by atoms with Crippen LogP contribution in [0.1, 0.15) is 11.1 Å². The van der Waals surface area contributed by atoms with Gasteiger partial charge in [0.1, 0.15) is 30.5 Å². The first-order chi connectivity index (χ1) is 18.1. The fourth-order valence-corrected chi connectivity index (χ4v) is 4.54. The van der Waals surface area contributed by atoms with Crippen molar-refractivity contribution in [3.8, 4) is 0 Å². The Kier molecular flexibility index (Phi) is 8.34. The maximum absolute atomic E-state index is 11.9. The lowest BCUT2D eigenvalue weighted by Crippen LogP contribution is -2.60. The van der Waals surface area contributed by atoms with Gasteiger partial charge in [0.25, 0.3) is 0 Å². The van der Waals surface area contributed by atoms with Gasteiger partial charge in [-0.3, -0.25) is 0 Å². The Morgan fingerprint density at radius 2 is 1.54 bits per heavy atom. The summed E-state index contributed by atoms with van der Waals surface area (Å²) in [5.74, 6) is 0. The van der Waals surface area contributed by atoms with Gasteiger partial charge in [-0.25, -0.2) is 4.79 Å². The molecule has 0 saturated carbocycles. The Morgan fingerprint density at radius 1 is 0.865 bits per heavy atom. The quantitative estimate of drug-likeness (QED) is 0.456. The molecule has 0 aromatic heterocycles. The number of hydrogen-bond acceptors (Lipinski definition) is 10. The molecule has 2 saturated heterocycles. The first-order valence-electron chi connectivity index (χ1n) is 12.2. The molecule has 0 spiro atoms. The van der Waals surface area contributed by atoms with Gasteiger partial charge in [-0.2, -0.15) is 0 Å². The zero-order valence-corrected chi connectivity index (χ0v) is 20.0. The fourth-order valence-electron chi connectivity index (χ4n) is 4.54. The lowest BCUT2D eigenvalue weighted by atomic mass is 9.98. The Labute approximate surface area is 214 Å². The number of aliphatic hydroxyl groups excluding tert-OH is 2. The molecule has 198 valence electrons. The lowest BCUT2D eigenvalue weighted by molar-refractivity contribution is -0.313. The van der Waals surface area contributed by atoms with Crippen molar-refractivity contribution in [2.24, 2.45) is 0 Å². The van der Waals surface area contributed by atoms with Gasteiger partial charge in [0, 0.05) is 0 Å². The van der Waals surface area contributed by atoms with E-state index in [0.29, 0.717) is 13.2 Å². The largest absolute Gasteiger partial charge is 0.509 e. The van der Waals surface area contributed by atoms with E-state index in [1.54, 1.807) is 6.08 Å². The first-order valence-corrected chi connectivity index (χ1v) is 12.2. The van der Waals surface area contributed by atoms with Gasteiger partial charge in [-0.05, 0) is 17.2 Å². The number of carbonyl (C=O) groups is 1. The van der Waals surface area contributed by atoms with Gasteiger partial charge in [-0.15, -0.1) is 0 Å². The SMILES string of the molecule is O=C1O[C@@H]2[C@@H](O)[C@H](O[C@H]3[C@H](OCc4ccccc4)C=CO[C@@H]3CO)O[C@H](COCc3ccccc3)[C@@H]2O1. The lowest BCUT2D eigenvalue weighted by Gasteiger charge is -2.42. The second kappa shape index (κ2) is 12.0. The van der Waals surface area contributed by atoms with Gasteiger partial charge >= 0.3 is 6.16 Å². The molecule has 10 nitrogen and oxygen atoms in total. The second-order valence-corrected chi connectivity index (χ2v) is 9.00. The molecular formula is C27H30O10. The van der Waals surface area contributed by atoms with Gasteiger partial charge < -0.3 is 43.4 Å². The van der Waals surface area contributed by atoms with Crippen molar-refractivity contribution < 1.29 is 48.2 Å². The minimum absolute atomic E-state index is 0.0672. The summed E-state index contributed by atoms with van der Waals surface area (Å²) in [6, 6.07) is 19.2. The predicted molar refractivity (Wildman–Crippen MR) is 127 cm³/mol. The van der Waals surface area contributed by atoms with Crippen LogP contribution in [0.5, 0.6) is 0 Å². The molecule has 2 aromatic carbocycles. The van der Waals surface area contributed by atoms with Crippen LogP contribution in [0.15, 0.2) is 73.0 Å². The number of ether oxygens (including phenoxy) is 7. The van der Waals surface area contributed by atoms with Crippen molar-refractivity contribution in [1.29, 1.82) is 0 Å². The van der Waals surface area contributed by atoms with E-state index in [4.69, 9.17) is 33.2 Å². The molecule has 3 aliphatic heterocycles. The van der Waals surface area contributed by atoms with E-state index in [2.05, 4.69) is 0 Å². The zero-order chi connectivity index (χ0) is 25.6. The summed E-state index contributed by atoms with van der Waals surface area (Å²) in [7, 11) is 0. The van der Waals surface area contributed by atoms with Crippen LogP contribution in [0.3, 0.4) is 0 Å². The maximum atomic E-state index is 11.9. The third kappa shape index (κ3) is 6.12. The second-order valence-electron chi connectivity index (χ2n) is 9.00. The molecule has 8 atom stereocenters. The van der Waals surface area contributed by atoms with Gasteiger partial charge in [0.05, 0.1) is 32.7 Å². The Bertz CT molecular complexity index is 1030. The van der Waals surface area contributed by atoms with Crippen LogP contribution in [0.25, 0.3) is 0 Å². The highest BCUT2D eigenvalue weighted by atomic mass is 16.8. The van der Waals surface area contributed by atoms with E-state index >= 15 is 0 Å². The van der Waals surface area contributed by atoms with Crippen LogP contribution in [0.2, 0.25) is 0 Å². The van der Waals surface area contributed by atoms with Crippen molar-refractivity contribution in [2.45, 2.75) is 62.2 Å². The van der Waals surface area contributed by atoms with Crippen LogP contribution in [-0.2, 0) is 46.4 Å². The average molecular weight is 515 g/mol. The summed E-state index contributed by atoms with van der Waals surface area (Å²) in [6.45, 7) is 0.340. The minimum atomic E-state index is -1.35. The van der Waals surface area contributed by atoms with Gasteiger partial charge in [0.2, 0.25) is 0 Å². The van der Waals surface area contributed by atoms with E-state index in [1.807, 2.05) is 60.7 Å². The highest BCUT2D eigenvalue weighted by molar-refractivity contribution is 5.63. The summed E-state index contributed by atoms with van der Waals surface area (Å²) in [5.41, 5.74) is 1.93. The standard InChI is InChI=1S/C27H30O10/c28-13-20-23(19(11-12-32-20)33-15-18-9-5-2-6-10-18)35-26-22(29)25-24(36-27(30)37-25)21(34-26)16-31-14-17-7-3-1-4-8-17/h1-12,19-26,28-29H,13-16H2/t19-,20-,21-,22-,23+,24+,25-,26+/m1/s1. The Balaban J connectivity index is 1.27. The van der Waals surface area contributed by atoms with Crippen molar-refractivity contribution >= 4 is 6.16 Å². The highest BCUT2D eigenvalue weighted by Gasteiger charge is 2.55. The molecule has 2 fully saturated rings. The van der Waals surface area contributed by atoms with Gasteiger partial charge in [-0.1, -0.05) is 60.7 Å². The van der Waals surface area contributed by atoms with E-state index in [9.17, 15) is 15.0 Å². The predicted octanol–water partition coefficient (Wildman–Crippen LogP) is 2.07. The highest BCUT2D eigenvalue weighted by Crippen LogP contribution is 2.33. The first kappa shape index (κ1) is 25.7. The molecule has 3 aliphatic rings. The van der Waals surface area contributed by atoms with E-state index in [-0.39, 0.29) is 13.2 Å². The normalized spacial score (nSPS) is 32.8. The molecule has 0 aliphatic carbocycles. The molecule has 0 bridgehead atoms. The van der Waals surface area contributed by atoms with Crippen LogP contribution >= 0.6 is 0 Å². The molecule has 0 amide bonds. The summed E-state index contributed by atoms with van der Waals surface area (Å²) in [5, 5.41) is 20.9. The molecule has 0 unspecified atom stereocenters. The third-order valence-electron chi connectivity index (χ3n) is 6.44. The number of hydrogen-bond donors (Lipinski definition) is 2. The topological polar surface area (TPSA) is 122 Å². The molecular weight excluding hydrogens is 484 g/mol. The van der Waals surface area contributed by atoms with Crippen molar-refractivity contribution in [1.82, 2.24) is 0 Å². The maximum Gasteiger partial charge on any atom is 0.509 e. The Morgan fingerprint density at radius 3 is 2.24 bits per heavy atom. The fraction of sp³-hybridized carbons (Fsp3) is 0.444. The number of benzene rings is 2. The third-order valence-corrected chi connectivity index (χ3v) is 6.44. The van der Waals surface area contributed by atoms with Crippen LogP contribution in [0, 0.1) is 0 Å². The van der Waals surface area contributed by atoms with Crippen molar-refractivity contribution in [2.75, 3.05) is 13.2 Å². The molecule has 2 aromatic rings. The summed E-state index contributed by atoms with van der Waals surface area (Å²) in [6.07, 6.45) is -5.15. The summed E-state index contributed by atoms with van der Waals surface area (Å²) in [4.78, 5) is 11.9. The van der Waals surface area contributed by atoms with Gasteiger partial charge in [0.15, 0.2) is 18.5 Å². The summed E-state index contributed by atoms with van der Waals surface area (Å²) >= 11 is 0. The van der Waals surface area contributed by atoms with Crippen LogP contribution in [0.4, 0.5) is 4.79 Å². The average Bonchev–Trinajstić information content (AvgIpc) is 3.33. The molecule has 5 rings (SSSR count). The number of rotatable bonds is 10.